The van der Waals surface area contributed by atoms with Gasteiger partial charge in [0, 0.05) is 6.54 Å². The van der Waals surface area contributed by atoms with E-state index in [-0.39, 0.29) is 11.8 Å². The van der Waals surface area contributed by atoms with E-state index in [4.69, 9.17) is 0 Å². The molecule has 0 amide bonds. The summed E-state index contributed by atoms with van der Waals surface area (Å²) in [4.78, 5) is 0. The van der Waals surface area contributed by atoms with Gasteiger partial charge in [0.1, 0.15) is 0 Å². The summed E-state index contributed by atoms with van der Waals surface area (Å²) in [5, 5.41) is -2.40. The molecule has 0 spiro atoms. The van der Waals surface area contributed by atoms with Gasteiger partial charge in [-0.15, -0.1) is 0 Å². The molecule has 0 aliphatic rings. The fourth-order valence-electron chi connectivity index (χ4n) is 2.48. The van der Waals surface area contributed by atoms with Crippen molar-refractivity contribution < 1.29 is 43.5 Å². The Bertz CT molecular complexity index is 929. The highest BCUT2D eigenvalue weighted by Crippen LogP contribution is 2.54. The molecule has 0 bridgehead atoms. The molecule has 33 heavy (non-hydrogen) atoms. The molecule has 0 aliphatic carbocycles. The van der Waals surface area contributed by atoms with Crippen LogP contribution < -0.4 is 5.32 Å². The van der Waals surface area contributed by atoms with Gasteiger partial charge in [-0.3, -0.25) is 0 Å². The Kier molecular flexibility index (Phi) is 9.80. The van der Waals surface area contributed by atoms with Gasteiger partial charge in [0.25, 0.3) is 0 Å². The zero-order chi connectivity index (χ0) is 25.6. The van der Waals surface area contributed by atoms with E-state index in [2.05, 4.69) is 16.9 Å². The van der Waals surface area contributed by atoms with E-state index in [0.717, 1.165) is 12.8 Å². The zero-order valence-electron chi connectivity index (χ0n) is 17.3. The Hall–Kier alpha value is -1.82. The van der Waals surface area contributed by atoms with Gasteiger partial charge in [-0.05, 0) is 29.7 Å². The van der Waals surface area contributed by atoms with Crippen LogP contribution in [0.4, 0.5) is 35.1 Å². The molecule has 0 unspecified atom stereocenters. The monoisotopic (exact) mass is 527 g/mol. The molecular weight excluding hydrogens is 506 g/mol. The van der Waals surface area contributed by atoms with E-state index in [9.17, 15) is 43.5 Å². The Morgan fingerprint density at radius 1 is 0.970 bits per heavy atom. The first-order valence-electron chi connectivity index (χ1n) is 9.60. The van der Waals surface area contributed by atoms with Crippen molar-refractivity contribution in [1.82, 2.24) is 5.32 Å². The van der Waals surface area contributed by atoms with Crippen LogP contribution >= 0.6 is 11.6 Å². The molecule has 1 N–H and O–H groups in total. The molecule has 1 aromatic carbocycles. The van der Waals surface area contributed by atoms with Crippen LogP contribution in [-0.4, -0.2) is 43.9 Å². The van der Waals surface area contributed by atoms with E-state index in [1.807, 2.05) is 6.92 Å². The maximum absolute atomic E-state index is 13.6. The van der Waals surface area contributed by atoms with Gasteiger partial charge in [0.2, 0.25) is 0 Å². The van der Waals surface area contributed by atoms with Crippen molar-refractivity contribution in [2.75, 3.05) is 12.3 Å². The van der Waals surface area contributed by atoms with Crippen molar-refractivity contribution in [2.45, 2.75) is 49.3 Å². The van der Waals surface area contributed by atoms with E-state index in [0.29, 0.717) is 23.9 Å². The van der Waals surface area contributed by atoms with Gasteiger partial charge in [0.05, 0.1) is 16.9 Å². The predicted molar refractivity (Wildman–Crippen MR) is 111 cm³/mol. The topological polar surface area (TPSA) is 46.2 Å². The first-order valence-corrected chi connectivity index (χ1v) is 11.7. The van der Waals surface area contributed by atoms with Gasteiger partial charge in [-0.25, -0.2) is 8.42 Å². The number of hydrogen-bond acceptors (Lipinski definition) is 3. The lowest BCUT2D eigenvalue weighted by Crippen LogP contribution is -2.59. The number of hydrogen-bond donors (Lipinski definition) is 1. The van der Waals surface area contributed by atoms with Crippen LogP contribution in [0.3, 0.4) is 0 Å². The summed E-state index contributed by atoms with van der Waals surface area (Å²) in [6, 6.07) is 8.01. The maximum atomic E-state index is 13.6. The summed E-state index contributed by atoms with van der Waals surface area (Å²) in [7, 11) is -4.35. The van der Waals surface area contributed by atoms with Crippen molar-refractivity contribution >= 4 is 27.1 Å². The molecule has 3 nitrogen and oxygen atoms in total. The highest BCUT2D eigenvalue weighted by Gasteiger charge is 2.79. The molecule has 0 radical (unpaired) electrons. The lowest BCUT2D eigenvalue weighted by atomic mass is 10.0. The second-order valence-electron chi connectivity index (χ2n) is 7.03. The first kappa shape index (κ1) is 29.2. The molecule has 1 rings (SSSR count). The number of benzene rings is 1. The van der Waals surface area contributed by atoms with Gasteiger partial charge >= 0.3 is 23.1 Å². The number of halogens is 9. The molecule has 0 aromatic heterocycles. The number of allylic oxidation sites excluding steroid dienone is 1. The summed E-state index contributed by atoms with van der Waals surface area (Å²) >= 11 is 3.87. The molecule has 1 aromatic rings. The third-order valence-corrected chi connectivity index (χ3v) is 5.79. The number of rotatable bonds is 13. The standard InChI is InChI=1S/C20H22ClF8NO2S/c1-2-3-7-12-30-16(15-9-5-4-6-10-15)14-33(31,32)13-8-11-17(22,23)18(24,25)19(26,27)20(21,28)29/h4-6,8-11,14,30H,2-3,7,12-13H2,1H3. The predicted octanol–water partition coefficient (Wildman–Crippen LogP) is 6.47. The van der Waals surface area contributed by atoms with Crippen molar-refractivity contribution in [2.24, 2.45) is 0 Å². The normalized spacial score (nSPS) is 14.7. The smallest absolute Gasteiger partial charge is 0.384 e. The molecule has 0 fully saturated rings. The van der Waals surface area contributed by atoms with Crippen LogP contribution in [0.2, 0.25) is 0 Å². The third-order valence-electron chi connectivity index (χ3n) is 4.30. The van der Waals surface area contributed by atoms with Gasteiger partial charge in [0.15, 0.2) is 9.84 Å². The highest BCUT2D eigenvalue weighted by atomic mass is 35.5. The van der Waals surface area contributed by atoms with Gasteiger partial charge in [-0.2, -0.15) is 35.1 Å². The quantitative estimate of drug-likeness (QED) is 0.138. The lowest BCUT2D eigenvalue weighted by Gasteiger charge is -2.33. The number of unbranched alkanes of at least 4 members (excludes halogenated alkanes) is 2. The zero-order valence-corrected chi connectivity index (χ0v) is 18.9. The minimum atomic E-state index is -6.61. The summed E-state index contributed by atoms with van der Waals surface area (Å²) < 4.78 is 130. The van der Waals surface area contributed by atoms with Crippen molar-refractivity contribution in [3.8, 4) is 0 Å². The van der Waals surface area contributed by atoms with Crippen LogP contribution in [0.15, 0.2) is 47.9 Å². The van der Waals surface area contributed by atoms with E-state index < -0.39 is 44.8 Å². The fraction of sp³-hybridized carbons (Fsp3) is 0.500. The van der Waals surface area contributed by atoms with Gasteiger partial charge in [-0.1, -0.05) is 56.2 Å². The lowest BCUT2D eigenvalue weighted by molar-refractivity contribution is -0.335. The summed E-state index contributed by atoms with van der Waals surface area (Å²) in [6.07, 6.45) is 1.57. The molecule has 0 saturated heterocycles. The van der Waals surface area contributed by atoms with Crippen molar-refractivity contribution in [3.05, 3.63) is 53.5 Å². The highest BCUT2D eigenvalue weighted by molar-refractivity contribution is 7.94. The average Bonchev–Trinajstić information content (AvgIpc) is 2.69. The van der Waals surface area contributed by atoms with Crippen molar-refractivity contribution in [3.63, 3.8) is 0 Å². The molecule has 0 heterocycles. The molecule has 0 aliphatic heterocycles. The van der Waals surface area contributed by atoms with Crippen LogP contribution in [0, 0.1) is 0 Å². The molecule has 0 atom stereocenters. The number of alkyl halides is 9. The Morgan fingerprint density at radius 3 is 2.06 bits per heavy atom. The maximum Gasteiger partial charge on any atom is 0.393 e. The van der Waals surface area contributed by atoms with Crippen LogP contribution in [0.25, 0.3) is 5.70 Å². The molecule has 188 valence electrons. The van der Waals surface area contributed by atoms with Gasteiger partial charge < -0.3 is 5.32 Å². The van der Waals surface area contributed by atoms with Crippen LogP contribution in [-0.2, 0) is 9.84 Å². The minimum Gasteiger partial charge on any atom is -0.384 e. The van der Waals surface area contributed by atoms with E-state index >= 15 is 0 Å². The third kappa shape index (κ3) is 7.59. The summed E-state index contributed by atoms with van der Waals surface area (Å²) in [5.41, 5.74) is 0.535. The molecular formula is C20H22ClF8NO2S. The average molecular weight is 528 g/mol. The SMILES string of the molecule is CCCCCNC(=CS(=O)(=O)CC=CC(F)(F)C(F)(F)C(F)(F)C(F)(F)Cl)c1ccccc1. The van der Waals surface area contributed by atoms with E-state index in [1.165, 1.54) is 0 Å². The number of sulfone groups is 1. The van der Waals surface area contributed by atoms with Crippen molar-refractivity contribution in [1.29, 1.82) is 0 Å². The molecule has 0 saturated carbocycles. The Balaban J connectivity index is 3.11. The Labute approximate surface area is 191 Å². The first-order chi connectivity index (χ1) is 15.0. The number of nitrogens with one attached hydrogen (secondary N) is 1. The largest absolute Gasteiger partial charge is 0.393 e. The summed E-state index contributed by atoms with van der Waals surface area (Å²) in [5.74, 6) is -20.3. The van der Waals surface area contributed by atoms with Crippen LogP contribution in [0.5, 0.6) is 0 Å². The second-order valence-corrected chi connectivity index (χ2v) is 9.40. The Morgan fingerprint density at radius 2 is 1.55 bits per heavy atom. The van der Waals surface area contributed by atoms with E-state index in [1.54, 1.807) is 30.3 Å². The minimum absolute atomic E-state index is 0.0120. The molecule has 13 heteroatoms. The summed E-state index contributed by atoms with van der Waals surface area (Å²) in [6.45, 7) is 2.33. The van der Waals surface area contributed by atoms with Crippen LogP contribution in [0.1, 0.15) is 31.7 Å². The second kappa shape index (κ2) is 11.1. The fourth-order valence-corrected chi connectivity index (χ4v) is 3.64.